The third-order valence-corrected chi connectivity index (χ3v) is 3.84. The summed E-state index contributed by atoms with van der Waals surface area (Å²) < 4.78 is 0. The molecule has 1 N–H and O–H groups in total. The van der Waals surface area contributed by atoms with Crippen LogP contribution in [0.4, 0.5) is 0 Å². The van der Waals surface area contributed by atoms with Gasteiger partial charge in [-0.2, -0.15) is 0 Å². The first kappa shape index (κ1) is 14.0. The molecule has 2 unspecified atom stereocenters. The highest BCUT2D eigenvalue weighted by atomic mass is 15.2. The second-order valence-corrected chi connectivity index (χ2v) is 5.68. The van der Waals surface area contributed by atoms with Crippen molar-refractivity contribution >= 4 is 0 Å². The molecule has 0 saturated carbocycles. The first-order valence-corrected chi connectivity index (χ1v) is 7.11. The lowest BCUT2D eigenvalue weighted by Crippen LogP contribution is -2.54. The SMILES string of the molecule is CCC1CNCCN1C(C)CCCC(C)C. The second kappa shape index (κ2) is 7.29. The lowest BCUT2D eigenvalue weighted by atomic mass is 10.0. The largest absolute Gasteiger partial charge is 0.314 e. The number of rotatable bonds is 6. The molecule has 0 aromatic rings. The van der Waals surface area contributed by atoms with Crippen LogP contribution in [0.15, 0.2) is 0 Å². The van der Waals surface area contributed by atoms with E-state index in [0.717, 1.165) is 18.0 Å². The zero-order valence-electron chi connectivity index (χ0n) is 11.6. The molecule has 16 heavy (non-hydrogen) atoms. The molecule has 1 heterocycles. The molecule has 0 bridgehead atoms. The maximum atomic E-state index is 3.50. The van der Waals surface area contributed by atoms with Crippen LogP contribution in [0.3, 0.4) is 0 Å². The minimum absolute atomic E-state index is 0.766. The molecule has 0 radical (unpaired) electrons. The number of piperazine rings is 1. The summed E-state index contributed by atoms with van der Waals surface area (Å²) >= 11 is 0. The highest BCUT2D eigenvalue weighted by Crippen LogP contribution is 2.17. The summed E-state index contributed by atoms with van der Waals surface area (Å²) in [5.74, 6) is 0.859. The van der Waals surface area contributed by atoms with E-state index in [0.29, 0.717) is 0 Å². The van der Waals surface area contributed by atoms with Crippen LogP contribution in [0.5, 0.6) is 0 Å². The molecular weight excluding hydrogens is 196 g/mol. The normalized spacial score (nSPS) is 24.9. The zero-order chi connectivity index (χ0) is 12.0. The Bertz CT molecular complexity index is 180. The molecule has 96 valence electrons. The van der Waals surface area contributed by atoms with Gasteiger partial charge >= 0.3 is 0 Å². The van der Waals surface area contributed by atoms with Crippen molar-refractivity contribution in [3.63, 3.8) is 0 Å². The van der Waals surface area contributed by atoms with Gasteiger partial charge in [0.05, 0.1) is 0 Å². The lowest BCUT2D eigenvalue weighted by Gasteiger charge is -2.40. The minimum Gasteiger partial charge on any atom is -0.314 e. The maximum Gasteiger partial charge on any atom is 0.0221 e. The Morgan fingerprint density at radius 2 is 2.00 bits per heavy atom. The van der Waals surface area contributed by atoms with Gasteiger partial charge in [-0.15, -0.1) is 0 Å². The molecule has 2 heteroatoms. The molecule has 1 aliphatic rings. The van der Waals surface area contributed by atoms with Gasteiger partial charge in [-0.25, -0.2) is 0 Å². The van der Waals surface area contributed by atoms with E-state index >= 15 is 0 Å². The number of hydrogen-bond donors (Lipinski definition) is 1. The Morgan fingerprint density at radius 3 is 2.62 bits per heavy atom. The third-order valence-electron chi connectivity index (χ3n) is 3.84. The molecule has 2 atom stereocenters. The predicted molar refractivity (Wildman–Crippen MR) is 71.8 cm³/mol. The predicted octanol–water partition coefficient (Wildman–Crippen LogP) is 2.89. The Balaban J connectivity index is 2.29. The standard InChI is InChI=1S/C14H30N2/c1-5-14-11-15-9-10-16(14)13(4)8-6-7-12(2)3/h12-15H,5-11H2,1-4H3. The van der Waals surface area contributed by atoms with Crippen LogP contribution < -0.4 is 5.32 Å². The van der Waals surface area contributed by atoms with Gasteiger partial charge in [0.1, 0.15) is 0 Å². The van der Waals surface area contributed by atoms with Gasteiger partial charge in [0.2, 0.25) is 0 Å². The fourth-order valence-corrected chi connectivity index (χ4v) is 2.72. The highest BCUT2D eigenvalue weighted by molar-refractivity contribution is 4.82. The van der Waals surface area contributed by atoms with Crippen LogP contribution >= 0.6 is 0 Å². The summed E-state index contributed by atoms with van der Waals surface area (Å²) in [5.41, 5.74) is 0. The van der Waals surface area contributed by atoms with Crippen molar-refractivity contribution in [1.29, 1.82) is 0 Å². The van der Waals surface area contributed by atoms with Crippen LogP contribution in [0.2, 0.25) is 0 Å². The topological polar surface area (TPSA) is 15.3 Å². The Morgan fingerprint density at radius 1 is 1.25 bits per heavy atom. The Labute approximate surface area is 102 Å². The molecule has 0 aliphatic carbocycles. The number of hydrogen-bond acceptors (Lipinski definition) is 2. The second-order valence-electron chi connectivity index (χ2n) is 5.68. The molecule has 1 fully saturated rings. The smallest absolute Gasteiger partial charge is 0.0221 e. The van der Waals surface area contributed by atoms with Crippen LogP contribution in [-0.2, 0) is 0 Å². The molecule has 0 amide bonds. The quantitative estimate of drug-likeness (QED) is 0.749. The third kappa shape index (κ3) is 4.42. The van der Waals surface area contributed by atoms with Crippen molar-refractivity contribution in [2.24, 2.45) is 5.92 Å². The van der Waals surface area contributed by atoms with Crippen molar-refractivity contribution in [1.82, 2.24) is 10.2 Å². The van der Waals surface area contributed by atoms with E-state index in [4.69, 9.17) is 0 Å². The van der Waals surface area contributed by atoms with Crippen LogP contribution in [0.25, 0.3) is 0 Å². The lowest BCUT2D eigenvalue weighted by molar-refractivity contribution is 0.104. The Kier molecular flexibility index (Phi) is 6.37. The maximum absolute atomic E-state index is 3.50. The van der Waals surface area contributed by atoms with E-state index in [1.807, 2.05) is 0 Å². The monoisotopic (exact) mass is 226 g/mol. The molecular formula is C14H30N2. The minimum atomic E-state index is 0.766. The molecule has 0 aromatic carbocycles. The zero-order valence-corrected chi connectivity index (χ0v) is 11.6. The van der Waals surface area contributed by atoms with Gasteiger partial charge in [0, 0.05) is 31.7 Å². The summed E-state index contributed by atoms with van der Waals surface area (Å²) in [5, 5.41) is 3.50. The van der Waals surface area contributed by atoms with E-state index < -0.39 is 0 Å². The molecule has 2 nitrogen and oxygen atoms in total. The van der Waals surface area contributed by atoms with Crippen molar-refractivity contribution in [2.75, 3.05) is 19.6 Å². The molecule has 1 saturated heterocycles. The van der Waals surface area contributed by atoms with Crippen molar-refractivity contribution in [3.05, 3.63) is 0 Å². The van der Waals surface area contributed by atoms with Gasteiger partial charge in [-0.3, -0.25) is 4.90 Å². The molecule has 0 aromatic heterocycles. The van der Waals surface area contributed by atoms with Gasteiger partial charge in [0.15, 0.2) is 0 Å². The first-order valence-electron chi connectivity index (χ1n) is 7.11. The van der Waals surface area contributed by atoms with E-state index in [-0.39, 0.29) is 0 Å². The van der Waals surface area contributed by atoms with Crippen LogP contribution in [-0.4, -0.2) is 36.6 Å². The summed E-state index contributed by atoms with van der Waals surface area (Å²) in [6.07, 6.45) is 5.42. The van der Waals surface area contributed by atoms with Crippen LogP contribution in [0.1, 0.15) is 53.4 Å². The summed E-state index contributed by atoms with van der Waals surface area (Å²) in [6.45, 7) is 13.0. The fraction of sp³-hybridized carbons (Fsp3) is 1.00. The average molecular weight is 226 g/mol. The van der Waals surface area contributed by atoms with Crippen molar-refractivity contribution in [3.8, 4) is 0 Å². The summed E-state index contributed by atoms with van der Waals surface area (Å²) in [4.78, 5) is 2.72. The average Bonchev–Trinajstić information content (AvgIpc) is 2.28. The first-order chi connectivity index (χ1) is 7.65. The number of nitrogens with one attached hydrogen (secondary N) is 1. The van der Waals surface area contributed by atoms with E-state index in [9.17, 15) is 0 Å². The van der Waals surface area contributed by atoms with Gasteiger partial charge in [-0.05, 0) is 25.7 Å². The summed E-state index contributed by atoms with van der Waals surface area (Å²) in [7, 11) is 0. The van der Waals surface area contributed by atoms with E-state index in [2.05, 4.69) is 37.9 Å². The van der Waals surface area contributed by atoms with Gasteiger partial charge in [0.25, 0.3) is 0 Å². The van der Waals surface area contributed by atoms with E-state index in [1.54, 1.807) is 0 Å². The van der Waals surface area contributed by atoms with Crippen molar-refractivity contribution in [2.45, 2.75) is 65.5 Å². The highest BCUT2D eigenvalue weighted by Gasteiger charge is 2.24. The fourth-order valence-electron chi connectivity index (χ4n) is 2.72. The van der Waals surface area contributed by atoms with Crippen molar-refractivity contribution < 1.29 is 0 Å². The van der Waals surface area contributed by atoms with E-state index in [1.165, 1.54) is 45.3 Å². The van der Waals surface area contributed by atoms with Gasteiger partial charge < -0.3 is 5.32 Å². The molecule has 0 spiro atoms. The van der Waals surface area contributed by atoms with Gasteiger partial charge in [-0.1, -0.05) is 33.6 Å². The number of nitrogens with zero attached hydrogens (tertiary/aromatic N) is 1. The molecule has 1 aliphatic heterocycles. The Hall–Kier alpha value is -0.0800. The molecule has 1 rings (SSSR count). The summed E-state index contributed by atoms with van der Waals surface area (Å²) in [6, 6.07) is 1.54. The van der Waals surface area contributed by atoms with Crippen LogP contribution in [0, 0.1) is 5.92 Å².